The molecule has 0 aromatic carbocycles. The van der Waals surface area contributed by atoms with E-state index in [1.165, 1.54) is 0 Å². The van der Waals surface area contributed by atoms with Gasteiger partial charge >= 0.3 is 5.97 Å². The number of hydrogen-bond donors (Lipinski definition) is 0. The fourth-order valence-corrected chi connectivity index (χ4v) is 2.27. The Bertz CT molecular complexity index is 436. The summed E-state index contributed by atoms with van der Waals surface area (Å²) in [6.45, 7) is 6.52. The normalized spacial score (nSPS) is 17.3. The van der Waals surface area contributed by atoms with Gasteiger partial charge in [0, 0.05) is 6.42 Å². The summed E-state index contributed by atoms with van der Waals surface area (Å²) in [6.07, 6.45) is 4.31. The first kappa shape index (κ1) is 14.0. The van der Waals surface area contributed by atoms with Crippen LogP contribution in [-0.4, -0.2) is 22.7 Å². The Morgan fingerprint density at radius 2 is 2.21 bits per heavy atom. The fourth-order valence-electron chi connectivity index (χ4n) is 2.27. The van der Waals surface area contributed by atoms with E-state index in [1.807, 2.05) is 6.92 Å². The van der Waals surface area contributed by atoms with Gasteiger partial charge in [-0.05, 0) is 32.1 Å². The van der Waals surface area contributed by atoms with Gasteiger partial charge in [0.2, 0.25) is 5.89 Å². The van der Waals surface area contributed by atoms with E-state index in [4.69, 9.17) is 9.26 Å². The Hall–Kier alpha value is -1.39. The highest BCUT2D eigenvalue weighted by atomic mass is 16.5. The molecule has 2 rings (SSSR count). The molecule has 0 N–H and O–H groups in total. The Labute approximate surface area is 113 Å². The van der Waals surface area contributed by atoms with Crippen LogP contribution in [0.15, 0.2) is 4.52 Å². The molecule has 1 saturated carbocycles. The van der Waals surface area contributed by atoms with Gasteiger partial charge < -0.3 is 9.26 Å². The minimum atomic E-state index is -0.668. The van der Waals surface area contributed by atoms with Crippen LogP contribution >= 0.6 is 0 Å². The number of carbonyl (C=O) groups is 1. The topological polar surface area (TPSA) is 65.2 Å². The van der Waals surface area contributed by atoms with Crippen molar-refractivity contribution in [2.24, 2.45) is 5.92 Å². The molecule has 0 saturated heterocycles. The summed E-state index contributed by atoms with van der Waals surface area (Å²) < 4.78 is 10.5. The van der Waals surface area contributed by atoms with Gasteiger partial charge in [-0.15, -0.1) is 0 Å². The lowest BCUT2D eigenvalue weighted by Gasteiger charge is -2.35. The van der Waals surface area contributed by atoms with Gasteiger partial charge in [-0.3, -0.25) is 4.79 Å². The number of carbonyl (C=O) groups excluding carboxylic acids is 1. The van der Waals surface area contributed by atoms with Crippen molar-refractivity contribution in [3.05, 3.63) is 11.7 Å². The standard InChI is InChI=1S/C14H22N2O3/c1-4-18-13(17)14(8-5-9-14)12-15-11(16-19-12)7-6-10(2)3/h10H,4-9H2,1-3H3. The second-order valence-corrected chi connectivity index (χ2v) is 5.60. The maximum absolute atomic E-state index is 12.1. The summed E-state index contributed by atoms with van der Waals surface area (Å²) in [5.74, 6) is 1.51. The van der Waals surface area contributed by atoms with E-state index in [0.717, 1.165) is 32.1 Å². The van der Waals surface area contributed by atoms with Crippen LogP contribution in [-0.2, 0) is 21.4 Å². The van der Waals surface area contributed by atoms with Gasteiger partial charge in [-0.1, -0.05) is 25.4 Å². The fraction of sp³-hybridized carbons (Fsp3) is 0.786. The molecule has 5 nitrogen and oxygen atoms in total. The number of nitrogens with zero attached hydrogens (tertiary/aromatic N) is 2. The van der Waals surface area contributed by atoms with E-state index in [9.17, 15) is 4.79 Å². The lowest BCUT2D eigenvalue weighted by Crippen LogP contribution is -2.44. The molecule has 1 aliphatic rings. The third kappa shape index (κ3) is 2.80. The van der Waals surface area contributed by atoms with Crippen molar-refractivity contribution >= 4 is 5.97 Å². The number of aryl methyl sites for hydroxylation is 1. The average Bonchev–Trinajstić information content (AvgIpc) is 2.74. The Balaban J connectivity index is 2.09. The SMILES string of the molecule is CCOC(=O)C1(c2nc(CCC(C)C)no2)CCC1. The molecule has 1 fully saturated rings. The first-order valence-corrected chi connectivity index (χ1v) is 7.09. The van der Waals surface area contributed by atoms with Crippen LogP contribution in [0, 0.1) is 5.92 Å². The second-order valence-electron chi connectivity index (χ2n) is 5.60. The quantitative estimate of drug-likeness (QED) is 0.740. The zero-order chi connectivity index (χ0) is 13.9. The van der Waals surface area contributed by atoms with Crippen molar-refractivity contribution in [3.63, 3.8) is 0 Å². The molecule has 1 aromatic heterocycles. The van der Waals surface area contributed by atoms with Crippen LogP contribution in [0.3, 0.4) is 0 Å². The predicted octanol–water partition coefficient (Wildman–Crippen LogP) is 2.64. The van der Waals surface area contributed by atoms with Crippen molar-refractivity contribution in [1.82, 2.24) is 10.1 Å². The van der Waals surface area contributed by atoms with E-state index in [-0.39, 0.29) is 5.97 Å². The molecule has 1 aromatic rings. The van der Waals surface area contributed by atoms with E-state index < -0.39 is 5.41 Å². The molecule has 0 unspecified atom stereocenters. The van der Waals surface area contributed by atoms with Gasteiger partial charge in [0.05, 0.1) is 6.61 Å². The Kier molecular flexibility index (Phi) is 4.22. The molecule has 0 aliphatic heterocycles. The zero-order valence-electron chi connectivity index (χ0n) is 11.9. The van der Waals surface area contributed by atoms with Crippen molar-refractivity contribution in [2.75, 3.05) is 6.61 Å². The molecule has 19 heavy (non-hydrogen) atoms. The molecular formula is C14H22N2O3. The third-order valence-electron chi connectivity index (χ3n) is 3.70. The van der Waals surface area contributed by atoms with Crippen LogP contribution in [0.5, 0.6) is 0 Å². The van der Waals surface area contributed by atoms with E-state index >= 15 is 0 Å². The number of ether oxygens (including phenoxy) is 1. The number of hydrogen-bond acceptors (Lipinski definition) is 5. The summed E-state index contributed by atoms with van der Waals surface area (Å²) in [7, 11) is 0. The van der Waals surface area contributed by atoms with Gasteiger partial charge in [0.1, 0.15) is 5.41 Å². The highest BCUT2D eigenvalue weighted by Crippen LogP contribution is 2.44. The number of aromatic nitrogens is 2. The zero-order valence-corrected chi connectivity index (χ0v) is 11.9. The first-order valence-electron chi connectivity index (χ1n) is 7.09. The molecular weight excluding hydrogens is 244 g/mol. The maximum atomic E-state index is 12.1. The largest absolute Gasteiger partial charge is 0.465 e. The van der Waals surface area contributed by atoms with Crippen LogP contribution in [0.2, 0.25) is 0 Å². The van der Waals surface area contributed by atoms with Crippen LogP contribution < -0.4 is 0 Å². The Morgan fingerprint density at radius 3 is 2.74 bits per heavy atom. The third-order valence-corrected chi connectivity index (χ3v) is 3.70. The molecule has 0 radical (unpaired) electrons. The highest BCUT2D eigenvalue weighted by molar-refractivity contribution is 5.82. The smallest absolute Gasteiger partial charge is 0.321 e. The van der Waals surface area contributed by atoms with Crippen LogP contribution in [0.4, 0.5) is 0 Å². The van der Waals surface area contributed by atoms with Crippen molar-refractivity contribution in [1.29, 1.82) is 0 Å². The van der Waals surface area contributed by atoms with Crippen LogP contribution in [0.25, 0.3) is 0 Å². The van der Waals surface area contributed by atoms with Gasteiger partial charge in [0.25, 0.3) is 0 Å². The van der Waals surface area contributed by atoms with Crippen molar-refractivity contribution < 1.29 is 14.1 Å². The van der Waals surface area contributed by atoms with Gasteiger partial charge in [-0.25, -0.2) is 0 Å². The molecule has 1 aliphatic carbocycles. The lowest BCUT2D eigenvalue weighted by molar-refractivity contribution is -0.155. The van der Waals surface area contributed by atoms with E-state index in [2.05, 4.69) is 24.0 Å². The summed E-state index contributed by atoms with van der Waals surface area (Å²) >= 11 is 0. The molecule has 5 heteroatoms. The van der Waals surface area contributed by atoms with E-state index in [1.54, 1.807) is 0 Å². The molecule has 0 bridgehead atoms. The highest BCUT2D eigenvalue weighted by Gasteiger charge is 2.51. The second kappa shape index (κ2) is 5.72. The Morgan fingerprint density at radius 1 is 1.47 bits per heavy atom. The minimum Gasteiger partial charge on any atom is -0.465 e. The molecule has 1 heterocycles. The number of rotatable bonds is 6. The molecule has 0 spiro atoms. The molecule has 0 atom stereocenters. The minimum absolute atomic E-state index is 0.222. The first-order chi connectivity index (χ1) is 9.08. The maximum Gasteiger partial charge on any atom is 0.321 e. The molecule has 106 valence electrons. The van der Waals surface area contributed by atoms with Crippen molar-refractivity contribution in [2.45, 2.75) is 58.3 Å². The summed E-state index contributed by atoms with van der Waals surface area (Å²) in [4.78, 5) is 16.5. The van der Waals surface area contributed by atoms with E-state index in [0.29, 0.717) is 24.2 Å². The summed E-state index contributed by atoms with van der Waals surface area (Å²) in [5.41, 5.74) is -0.668. The monoisotopic (exact) mass is 266 g/mol. The molecule has 0 amide bonds. The van der Waals surface area contributed by atoms with Crippen LogP contribution in [0.1, 0.15) is 58.2 Å². The summed E-state index contributed by atoms with van der Waals surface area (Å²) in [5, 5.41) is 3.98. The summed E-state index contributed by atoms with van der Waals surface area (Å²) in [6, 6.07) is 0. The van der Waals surface area contributed by atoms with Gasteiger partial charge in [0.15, 0.2) is 5.82 Å². The van der Waals surface area contributed by atoms with Crippen molar-refractivity contribution in [3.8, 4) is 0 Å². The average molecular weight is 266 g/mol. The number of esters is 1. The lowest BCUT2D eigenvalue weighted by atomic mass is 9.68. The predicted molar refractivity (Wildman–Crippen MR) is 69.6 cm³/mol. The van der Waals surface area contributed by atoms with Gasteiger partial charge in [-0.2, -0.15) is 4.98 Å².